The minimum Gasteiger partial charge on any atom is -0.444 e. The van der Waals surface area contributed by atoms with Crippen LogP contribution in [0.2, 0.25) is 5.02 Å². The summed E-state index contributed by atoms with van der Waals surface area (Å²) in [4.78, 5) is 18.9. The molecule has 1 fully saturated rings. The molecular weight excluding hydrogens is 518 g/mol. The quantitative estimate of drug-likeness (QED) is 0.489. The molecule has 1 aromatic carbocycles. The molecule has 1 amide bonds. The van der Waals surface area contributed by atoms with Crippen molar-refractivity contribution in [3.8, 4) is 17.2 Å². The zero-order valence-electron chi connectivity index (χ0n) is 21.7. The van der Waals surface area contributed by atoms with Crippen LogP contribution >= 0.6 is 11.6 Å². The molecule has 0 saturated carbocycles. The largest absolute Gasteiger partial charge is 0.444 e. The fourth-order valence-electron chi connectivity index (χ4n) is 4.38. The average molecular weight is 548 g/mol. The monoisotopic (exact) mass is 547 g/mol. The molecule has 1 saturated heterocycles. The number of amides is 1. The van der Waals surface area contributed by atoms with Gasteiger partial charge in [0, 0.05) is 56.6 Å². The number of nitriles is 1. The van der Waals surface area contributed by atoms with Crippen LogP contribution in [0.5, 0.6) is 0 Å². The number of aromatic nitrogens is 4. The van der Waals surface area contributed by atoms with Gasteiger partial charge in [-0.05, 0) is 45.7 Å². The van der Waals surface area contributed by atoms with Crippen LogP contribution in [-0.4, -0.2) is 75.2 Å². The maximum Gasteiger partial charge on any atom is 0.410 e. The summed E-state index contributed by atoms with van der Waals surface area (Å²) in [6.07, 6.45) is 3.32. The first-order chi connectivity index (χ1) is 17.2. The van der Waals surface area contributed by atoms with Crippen molar-refractivity contribution >= 4 is 38.9 Å². The van der Waals surface area contributed by atoms with Crippen molar-refractivity contribution in [3.05, 3.63) is 35.4 Å². The van der Waals surface area contributed by atoms with Gasteiger partial charge in [0.05, 0.1) is 23.3 Å². The number of nitrogens with zero attached hydrogens (tertiary/aromatic N) is 7. The molecule has 3 aromatic rings. The molecule has 11 nitrogen and oxygen atoms in total. The Labute approximate surface area is 221 Å². The molecule has 1 aliphatic rings. The molecule has 0 N–H and O–H groups in total. The number of benzene rings is 1. The topological polar surface area (TPSA) is 126 Å². The van der Waals surface area contributed by atoms with Crippen molar-refractivity contribution in [2.24, 2.45) is 7.05 Å². The molecule has 13 heteroatoms. The molecule has 0 aliphatic carbocycles. The first-order valence-electron chi connectivity index (χ1n) is 11.7. The van der Waals surface area contributed by atoms with Crippen LogP contribution in [0.25, 0.3) is 22.2 Å². The summed E-state index contributed by atoms with van der Waals surface area (Å²) in [5.41, 5.74) is 0.0416. The molecule has 3 heterocycles. The van der Waals surface area contributed by atoms with E-state index in [4.69, 9.17) is 21.3 Å². The molecule has 1 aliphatic heterocycles. The van der Waals surface area contributed by atoms with E-state index in [1.807, 2.05) is 0 Å². The van der Waals surface area contributed by atoms with E-state index in [0.717, 1.165) is 8.28 Å². The summed E-state index contributed by atoms with van der Waals surface area (Å²) >= 11 is 6.45. The van der Waals surface area contributed by atoms with Crippen LogP contribution in [0, 0.1) is 11.3 Å². The number of hydrogen-bond acceptors (Lipinski definition) is 7. The van der Waals surface area contributed by atoms with Gasteiger partial charge in [-0.25, -0.2) is 13.8 Å². The highest BCUT2D eigenvalue weighted by molar-refractivity contribution is 7.87. The molecule has 4 rings (SSSR count). The van der Waals surface area contributed by atoms with Crippen LogP contribution in [0.1, 0.15) is 39.4 Å². The lowest BCUT2D eigenvalue weighted by molar-refractivity contribution is 0.0182. The van der Waals surface area contributed by atoms with Gasteiger partial charge in [-0.3, -0.25) is 4.68 Å². The third kappa shape index (κ3) is 4.91. The lowest BCUT2D eigenvalue weighted by Crippen LogP contribution is -2.48. The average Bonchev–Trinajstić information content (AvgIpc) is 3.41. The number of carbonyl (C=O) groups excluding carboxylic acids is 1. The van der Waals surface area contributed by atoms with Crippen molar-refractivity contribution in [2.75, 3.05) is 27.2 Å². The van der Waals surface area contributed by atoms with E-state index in [1.54, 1.807) is 51.0 Å². The lowest BCUT2D eigenvalue weighted by Gasteiger charge is -2.37. The number of halogens is 1. The van der Waals surface area contributed by atoms with Crippen LogP contribution in [0.15, 0.2) is 24.5 Å². The molecule has 198 valence electrons. The minimum absolute atomic E-state index is 0.0925. The fourth-order valence-corrected chi connectivity index (χ4v) is 5.74. The molecule has 0 unspecified atom stereocenters. The number of aryl methyl sites for hydroxylation is 1. The van der Waals surface area contributed by atoms with E-state index in [0.29, 0.717) is 21.7 Å². The van der Waals surface area contributed by atoms with E-state index in [-0.39, 0.29) is 37.3 Å². The number of rotatable bonds is 4. The van der Waals surface area contributed by atoms with Crippen molar-refractivity contribution in [1.82, 2.24) is 27.9 Å². The number of piperidine rings is 1. The molecule has 0 bridgehead atoms. The summed E-state index contributed by atoms with van der Waals surface area (Å²) in [5, 5.41) is 15.0. The van der Waals surface area contributed by atoms with Gasteiger partial charge < -0.3 is 9.64 Å². The van der Waals surface area contributed by atoms with Crippen LogP contribution in [0.4, 0.5) is 4.79 Å². The fraction of sp³-hybridized carbons (Fsp3) is 0.500. The number of ether oxygens (including phenoxy) is 1. The normalized spacial score (nSPS) is 16.2. The van der Waals surface area contributed by atoms with Crippen molar-refractivity contribution < 1.29 is 17.9 Å². The maximum absolute atomic E-state index is 13.6. The summed E-state index contributed by atoms with van der Waals surface area (Å²) < 4.78 is 36.5. The number of carbonyl (C=O) groups is 1. The molecular formula is C24H30ClN7O4S. The number of hydrogen-bond donors (Lipinski definition) is 0. The summed E-state index contributed by atoms with van der Waals surface area (Å²) in [5.74, 6) is 0.0925. The van der Waals surface area contributed by atoms with E-state index in [9.17, 15) is 18.5 Å². The highest BCUT2D eigenvalue weighted by Crippen LogP contribution is 2.40. The molecule has 0 radical (unpaired) electrons. The SMILES string of the molecule is CN(C)S(=O)(=O)n1c(C2(C#N)CCN(C(=O)OC(C)(C)C)CC2)nc2c(-c3cnn(C)c3)cc(Cl)cc21. The van der Waals surface area contributed by atoms with E-state index < -0.39 is 27.3 Å². The Balaban J connectivity index is 1.89. The second-order valence-electron chi connectivity index (χ2n) is 10.4. The van der Waals surface area contributed by atoms with Gasteiger partial charge in [0.25, 0.3) is 0 Å². The van der Waals surface area contributed by atoms with Gasteiger partial charge in [-0.15, -0.1) is 0 Å². The third-order valence-corrected chi connectivity index (χ3v) is 8.27. The number of imidazole rings is 1. The Morgan fingerprint density at radius 3 is 2.41 bits per heavy atom. The predicted octanol–water partition coefficient (Wildman–Crippen LogP) is 3.54. The first-order valence-corrected chi connectivity index (χ1v) is 13.5. The zero-order chi connectivity index (χ0) is 27.3. The van der Waals surface area contributed by atoms with Crippen LogP contribution in [0.3, 0.4) is 0 Å². The molecule has 37 heavy (non-hydrogen) atoms. The Hall–Kier alpha value is -3.14. The Kier molecular flexibility index (Phi) is 6.77. The van der Waals surface area contributed by atoms with Gasteiger partial charge in [0.2, 0.25) is 0 Å². The van der Waals surface area contributed by atoms with E-state index in [2.05, 4.69) is 11.2 Å². The Morgan fingerprint density at radius 2 is 1.89 bits per heavy atom. The van der Waals surface area contributed by atoms with Crippen molar-refractivity contribution in [1.29, 1.82) is 5.26 Å². The zero-order valence-corrected chi connectivity index (χ0v) is 23.3. The van der Waals surface area contributed by atoms with Gasteiger partial charge in [-0.2, -0.15) is 23.1 Å². The second-order valence-corrected chi connectivity index (χ2v) is 12.8. The van der Waals surface area contributed by atoms with Gasteiger partial charge in [0.15, 0.2) is 0 Å². The second kappa shape index (κ2) is 9.31. The summed E-state index contributed by atoms with van der Waals surface area (Å²) in [7, 11) is 0.508. The van der Waals surface area contributed by atoms with Crippen molar-refractivity contribution in [2.45, 2.75) is 44.6 Å². The van der Waals surface area contributed by atoms with Gasteiger partial charge in [-0.1, -0.05) is 11.6 Å². The third-order valence-electron chi connectivity index (χ3n) is 6.30. The van der Waals surface area contributed by atoms with E-state index in [1.165, 1.54) is 25.1 Å². The Bertz CT molecular complexity index is 1500. The van der Waals surface area contributed by atoms with Gasteiger partial charge in [0.1, 0.15) is 16.8 Å². The molecule has 0 spiro atoms. The standard InChI is InChI=1S/C24H30ClN7O4S/c1-23(2,3)36-22(33)31-9-7-24(15-26,8-10-31)21-28-20-18(16-13-27-30(6)14-16)11-17(25)12-19(20)32(21)37(34,35)29(4)5/h11-14H,7-10H2,1-6H3. The first kappa shape index (κ1) is 26.9. The van der Waals surface area contributed by atoms with Crippen molar-refractivity contribution in [3.63, 3.8) is 0 Å². The van der Waals surface area contributed by atoms with Crippen LogP contribution in [-0.2, 0) is 27.4 Å². The smallest absolute Gasteiger partial charge is 0.410 e. The van der Waals surface area contributed by atoms with E-state index >= 15 is 0 Å². The highest BCUT2D eigenvalue weighted by Gasteiger charge is 2.45. The minimum atomic E-state index is -4.10. The maximum atomic E-state index is 13.6. The molecule has 0 atom stereocenters. The van der Waals surface area contributed by atoms with Crippen LogP contribution < -0.4 is 0 Å². The number of fused-ring (bicyclic) bond motifs is 1. The summed E-state index contributed by atoms with van der Waals surface area (Å²) in [6.45, 7) is 5.78. The lowest BCUT2D eigenvalue weighted by atomic mass is 9.79. The molecule has 2 aromatic heterocycles. The highest BCUT2D eigenvalue weighted by atomic mass is 35.5. The predicted molar refractivity (Wildman–Crippen MR) is 139 cm³/mol. The Morgan fingerprint density at radius 1 is 1.24 bits per heavy atom. The van der Waals surface area contributed by atoms with Gasteiger partial charge >= 0.3 is 16.3 Å². The summed E-state index contributed by atoms with van der Waals surface area (Å²) in [6, 6.07) is 5.58. The number of likely N-dealkylation sites (tertiary alicyclic amines) is 1.